The predicted octanol–water partition coefficient (Wildman–Crippen LogP) is 1.78. The van der Waals surface area contributed by atoms with Gasteiger partial charge >= 0.3 is 0 Å². The number of aromatic nitrogens is 2. The van der Waals surface area contributed by atoms with Crippen LogP contribution in [0.1, 0.15) is 12.0 Å². The molecule has 1 amide bonds. The molecule has 0 spiro atoms. The molecule has 0 aliphatic heterocycles. The number of rotatable bonds is 4. The molecule has 0 bridgehead atoms. The second-order valence-electron chi connectivity index (χ2n) is 3.72. The largest absolute Gasteiger partial charge is 0.325 e. The summed E-state index contributed by atoms with van der Waals surface area (Å²) in [5, 5.41) is 15.6. The first-order chi connectivity index (χ1) is 8.79. The molecule has 1 aromatic heterocycles. The summed E-state index contributed by atoms with van der Waals surface area (Å²) >= 11 is 0. The highest BCUT2D eigenvalue weighted by molar-refractivity contribution is 5.91. The molecular weight excluding hydrogens is 228 g/mol. The number of nitrogens with one attached hydrogen (secondary N) is 1. The molecule has 2 rings (SSSR count). The Morgan fingerprint density at radius 3 is 2.94 bits per heavy atom. The van der Waals surface area contributed by atoms with E-state index >= 15 is 0 Å². The van der Waals surface area contributed by atoms with Crippen LogP contribution < -0.4 is 5.32 Å². The summed E-state index contributed by atoms with van der Waals surface area (Å²) in [6, 6.07) is 10.8. The van der Waals surface area contributed by atoms with Crippen molar-refractivity contribution in [3.05, 3.63) is 48.3 Å². The zero-order valence-electron chi connectivity index (χ0n) is 9.71. The molecule has 18 heavy (non-hydrogen) atoms. The van der Waals surface area contributed by atoms with Crippen molar-refractivity contribution < 1.29 is 4.79 Å². The van der Waals surface area contributed by atoms with Crippen LogP contribution >= 0.6 is 0 Å². The summed E-state index contributed by atoms with van der Waals surface area (Å²) in [5.41, 5.74) is 1.01. The third kappa shape index (κ3) is 2.95. The average molecular weight is 240 g/mol. The predicted molar refractivity (Wildman–Crippen MR) is 66.6 cm³/mol. The summed E-state index contributed by atoms with van der Waals surface area (Å²) in [7, 11) is 0. The topological polar surface area (TPSA) is 70.7 Å². The molecule has 5 heteroatoms. The van der Waals surface area contributed by atoms with Gasteiger partial charge < -0.3 is 5.32 Å². The molecule has 0 radical (unpaired) electrons. The van der Waals surface area contributed by atoms with Gasteiger partial charge in [0.1, 0.15) is 6.07 Å². The number of nitriles is 1. The Labute approximate surface area is 105 Å². The highest BCUT2D eigenvalue weighted by atomic mass is 16.1. The lowest BCUT2D eigenvalue weighted by molar-refractivity contribution is -0.116. The molecule has 2 aromatic rings. The number of carbonyl (C=O) groups is 1. The standard InChI is InChI=1S/C13H12N4O/c14-10-11-4-1-2-5-12(11)16-13(18)6-9-17-8-3-7-15-17/h1-5,7-8H,6,9H2,(H,16,18). The number of carbonyl (C=O) groups excluding carboxylic acids is 1. The number of hydrogen-bond donors (Lipinski definition) is 1. The molecule has 5 nitrogen and oxygen atoms in total. The first-order valence-electron chi connectivity index (χ1n) is 5.56. The number of para-hydroxylation sites is 1. The van der Waals surface area contributed by atoms with Gasteiger partial charge in [-0.15, -0.1) is 0 Å². The maximum atomic E-state index is 11.7. The van der Waals surface area contributed by atoms with Gasteiger partial charge in [0, 0.05) is 25.4 Å². The third-order valence-electron chi connectivity index (χ3n) is 2.45. The van der Waals surface area contributed by atoms with E-state index in [2.05, 4.69) is 10.4 Å². The van der Waals surface area contributed by atoms with E-state index in [-0.39, 0.29) is 5.91 Å². The Morgan fingerprint density at radius 1 is 1.39 bits per heavy atom. The quantitative estimate of drug-likeness (QED) is 0.885. The summed E-state index contributed by atoms with van der Waals surface area (Å²) in [5.74, 6) is -0.131. The lowest BCUT2D eigenvalue weighted by Crippen LogP contribution is -2.15. The first-order valence-corrected chi connectivity index (χ1v) is 5.56. The van der Waals surface area contributed by atoms with Crippen LogP contribution in [-0.2, 0) is 11.3 Å². The van der Waals surface area contributed by atoms with Crippen molar-refractivity contribution in [2.45, 2.75) is 13.0 Å². The maximum Gasteiger partial charge on any atom is 0.226 e. The normalized spacial score (nSPS) is 9.72. The van der Waals surface area contributed by atoms with Gasteiger partial charge in [-0.05, 0) is 18.2 Å². The van der Waals surface area contributed by atoms with Gasteiger partial charge in [0.25, 0.3) is 0 Å². The van der Waals surface area contributed by atoms with E-state index in [0.717, 1.165) is 0 Å². The van der Waals surface area contributed by atoms with Crippen LogP contribution in [0.2, 0.25) is 0 Å². The van der Waals surface area contributed by atoms with E-state index < -0.39 is 0 Å². The zero-order chi connectivity index (χ0) is 12.8. The average Bonchev–Trinajstić information content (AvgIpc) is 2.90. The van der Waals surface area contributed by atoms with E-state index in [1.54, 1.807) is 41.3 Å². The first kappa shape index (κ1) is 11.9. The van der Waals surface area contributed by atoms with Crippen molar-refractivity contribution in [2.75, 3.05) is 5.32 Å². The molecule has 0 fully saturated rings. The number of anilines is 1. The summed E-state index contributed by atoms with van der Waals surface area (Å²) in [6.45, 7) is 0.521. The van der Waals surface area contributed by atoms with Gasteiger partial charge in [-0.2, -0.15) is 10.4 Å². The summed E-state index contributed by atoms with van der Waals surface area (Å²) < 4.78 is 1.69. The van der Waals surface area contributed by atoms with Crippen LogP contribution in [0.5, 0.6) is 0 Å². The van der Waals surface area contributed by atoms with Crippen LogP contribution in [0, 0.1) is 11.3 Å². The Hall–Kier alpha value is -2.61. The summed E-state index contributed by atoms with van der Waals surface area (Å²) in [4.78, 5) is 11.7. The SMILES string of the molecule is N#Cc1ccccc1NC(=O)CCn1cccn1. The Bertz CT molecular complexity index is 569. The molecule has 0 aliphatic rings. The second kappa shape index (κ2) is 5.64. The smallest absolute Gasteiger partial charge is 0.226 e. The monoisotopic (exact) mass is 240 g/mol. The van der Waals surface area contributed by atoms with Crippen molar-refractivity contribution in [1.82, 2.24) is 9.78 Å². The molecule has 0 unspecified atom stereocenters. The highest BCUT2D eigenvalue weighted by Crippen LogP contribution is 2.13. The van der Waals surface area contributed by atoms with Crippen molar-refractivity contribution in [3.63, 3.8) is 0 Å². The fourth-order valence-electron chi connectivity index (χ4n) is 1.55. The van der Waals surface area contributed by atoms with Crippen molar-refractivity contribution >= 4 is 11.6 Å². The molecule has 0 aliphatic carbocycles. The van der Waals surface area contributed by atoms with Crippen LogP contribution in [-0.4, -0.2) is 15.7 Å². The van der Waals surface area contributed by atoms with E-state index in [4.69, 9.17) is 5.26 Å². The van der Waals surface area contributed by atoms with Gasteiger partial charge in [0.05, 0.1) is 11.3 Å². The fraction of sp³-hybridized carbons (Fsp3) is 0.154. The molecule has 1 N–H and O–H groups in total. The zero-order valence-corrected chi connectivity index (χ0v) is 9.71. The van der Waals surface area contributed by atoms with Crippen molar-refractivity contribution in [2.24, 2.45) is 0 Å². The van der Waals surface area contributed by atoms with Crippen LogP contribution in [0.15, 0.2) is 42.7 Å². The Kier molecular flexibility index (Phi) is 3.72. The van der Waals surface area contributed by atoms with Gasteiger partial charge in [-0.3, -0.25) is 9.48 Å². The lowest BCUT2D eigenvalue weighted by Gasteiger charge is -2.06. The number of benzene rings is 1. The molecule has 1 aromatic carbocycles. The number of amides is 1. The highest BCUT2D eigenvalue weighted by Gasteiger charge is 2.06. The van der Waals surface area contributed by atoms with Crippen molar-refractivity contribution in [1.29, 1.82) is 5.26 Å². The third-order valence-corrected chi connectivity index (χ3v) is 2.45. The number of hydrogen-bond acceptors (Lipinski definition) is 3. The van der Waals surface area contributed by atoms with Gasteiger partial charge in [0.2, 0.25) is 5.91 Å². The lowest BCUT2D eigenvalue weighted by atomic mass is 10.2. The molecule has 0 atom stereocenters. The molecule has 0 saturated carbocycles. The molecular formula is C13H12N4O. The summed E-state index contributed by atoms with van der Waals surface area (Å²) in [6.07, 6.45) is 3.79. The van der Waals surface area contributed by atoms with E-state index in [9.17, 15) is 4.79 Å². The number of nitrogens with zero attached hydrogens (tertiary/aromatic N) is 3. The van der Waals surface area contributed by atoms with Gasteiger partial charge in [-0.1, -0.05) is 12.1 Å². The molecule has 0 saturated heterocycles. The second-order valence-corrected chi connectivity index (χ2v) is 3.72. The van der Waals surface area contributed by atoms with Gasteiger partial charge in [-0.25, -0.2) is 0 Å². The minimum Gasteiger partial charge on any atom is -0.325 e. The van der Waals surface area contributed by atoms with E-state index in [1.165, 1.54) is 0 Å². The van der Waals surface area contributed by atoms with E-state index in [1.807, 2.05) is 12.1 Å². The van der Waals surface area contributed by atoms with Crippen LogP contribution in [0.4, 0.5) is 5.69 Å². The van der Waals surface area contributed by atoms with Gasteiger partial charge in [0.15, 0.2) is 0 Å². The van der Waals surface area contributed by atoms with Crippen LogP contribution in [0.3, 0.4) is 0 Å². The minimum atomic E-state index is -0.131. The van der Waals surface area contributed by atoms with E-state index in [0.29, 0.717) is 24.2 Å². The molecule has 90 valence electrons. The van der Waals surface area contributed by atoms with Crippen molar-refractivity contribution in [3.8, 4) is 6.07 Å². The maximum absolute atomic E-state index is 11.7. The Morgan fingerprint density at radius 2 is 2.22 bits per heavy atom. The fourth-order valence-corrected chi connectivity index (χ4v) is 1.55. The van der Waals surface area contributed by atoms with Crippen LogP contribution in [0.25, 0.3) is 0 Å². The molecule has 1 heterocycles. The minimum absolute atomic E-state index is 0.131. The number of aryl methyl sites for hydroxylation is 1. The Balaban J connectivity index is 1.93.